The van der Waals surface area contributed by atoms with Gasteiger partial charge in [0, 0.05) is 0 Å². The van der Waals surface area contributed by atoms with Crippen LogP contribution in [-0.4, -0.2) is 24.1 Å². The lowest BCUT2D eigenvalue weighted by Crippen LogP contribution is -2.15. The second-order valence-electron chi connectivity index (χ2n) is 2.48. The maximum atomic E-state index is 10.6. The Balaban J connectivity index is 0.00000169. The summed E-state index contributed by atoms with van der Waals surface area (Å²) in [6, 6.07) is 0. The number of allylic oxidation sites excluding steroid dienone is 2. The van der Waals surface area contributed by atoms with E-state index in [0.29, 0.717) is 5.76 Å². The predicted molar refractivity (Wildman–Crippen MR) is 51.8 cm³/mol. The van der Waals surface area contributed by atoms with Gasteiger partial charge >= 0.3 is 5.97 Å². The molecule has 0 saturated heterocycles. The molecule has 1 aliphatic rings. The van der Waals surface area contributed by atoms with Gasteiger partial charge in [0.25, 0.3) is 0 Å². The molecule has 1 N–H and O–H groups in total. The Kier molecular flexibility index (Phi) is 4.70. The number of rotatable bonds is 2. The van der Waals surface area contributed by atoms with Crippen molar-refractivity contribution in [1.29, 1.82) is 0 Å². The van der Waals surface area contributed by atoms with Crippen molar-refractivity contribution in [3.63, 3.8) is 0 Å². The quantitative estimate of drug-likeness (QED) is 0.699. The Bertz CT molecular complexity index is 337. The van der Waals surface area contributed by atoms with E-state index in [1.807, 2.05) is 0 Å². The molecular formula is C9H9ClO4. The Hall–Kier alpha value is -1.51. The van der Waals surface area contributed by atoms with Gasteiger partial charge in [-0.25, -0.2) is 4.79 Å². The molecule has 0 fully saturated rings. The molecule has 1 unspecified atom stereocenters. The third kappa shape index (κ3) is 2.49. The average molecular weight is 217 g/mol. The minimum atomic E-state index is -1.07. The number of carbonyl (C=O) groups excluding carboxylic acids is 1. The number of carboxylic acids is 1. The highest BCUT2D eigenvalue weighted by atomic mass is 35.5. The van der Waals surface area contributed by atoms with Gasteiger partial charge < -0.3 is 9.84 Å². The molecule has 0 amide bonds. The van der Waals surface area contributed by atoms with Gasteiger partial charge in [0.1, 0.15) is 17.6 Å². The molecule has 0 aliphatic heterocycles. The van der Waals surface area contributed by atoms with E-state index < -0.39 is 11.9 Å². The Morgan fingerprint density at radius 1 is 1.64 bits per heavy atom. The van der Waals surface area contributed by atoms with Crippen molar-refractivity contribution < 1.29 is 19.4 Å². The zero-order chi connectivity index (χ0) is 9.84. The van der Waals surface area contributed by atoms with Crippen molar-refractivity contribution in [1.82, 2.24) is 0 Å². The monoisotopic (exact) mass is 216 g/mol. The van der Waals surface area contributed by atoms with Crippen molar-refractivity contribution in [2.45, 2.75) is 0 Å². The summed E-state index contributed by atoms with van der Waals surface area (Å²) in [4.78, 5) is 21.0. The molecule has 0 spiro atoms. The van der Waals surface area contributed by atoms with Crippen LogP contribution in [0.2, 0.25) is 0 Å². The highest BCUT2D eigenvalue weighted by molar-refractivity contribution is 5.85. The predicted octanol–water partition coefficient (Wildman–Crippen LogP) is 0.967. The van der Waals surface area contributed by atoms with E-state index in [0.717, 1.165) is 0 Å². The fourth-order valence-electron chi connectivity index (χ4n) is 1.02. The molecular weight excluding hydrogens is 208 g/mol. The minimum absolute atomic E-state index is 0. The maximum absolute atomic E-state index is 10.6. The number of hydrogen-bond donors (Lipinski definition) is 1. The smallest absolute Gasteiger partial charge is 0.315 e. The highest BCUT2D eigenvalue weighted by Gasteiger charge is 2.22. The number of aliphatic carboxylic acids is 1. The van der Waals surface area contributed by atoms with Crippen LogP contribution in [0.4, 0.5) is 0 Å². The van der Waals surface area contributed by atoms with E-state index >= 15 is 0 Å². The van der Waals surface area contributed by atoms with Crippen LogP contribution in [0, 0.1) is 5.92 Å². The fraction of sp³-hybridized carbons (Fsp3) is 0.222. The van der Waals surface area contributed by atoms with Gasteiger partial charge in [0.2, 0.25) is 0 Å². The minimum Gasteiger partial charge on any atom is -0.497 e. The zero-order valence-corrected chi connectivity index (χ0v) is 8.21. The van der Waals surface area contributed by atoms with Crippen LogP contribution < -0.4 is 0 Å². The highest BCUT2D eigenvalue weighted by Crippen LogP contribution is 2.20. The summed E-state index contributed by atoms with van der Waals surface area (Å²) < 4.78 is 4.83. The number of carboxylic acid groups (broad SMARTS) is 1. The third-order valence-corrected chi connectivity index (χ3v) is 1.71. The Morgan fingerprint density at radius 2 is 2.29 bits per heavy atom. The second kappa shape index (κ2) is 5.27. The molecule has 1 aliphatic carbocycles. The molecule has 14 heavy (non-hydrogen) atoms. The summed E-state index contributed by atoms with van der Waals surface area (Å²) in [7, 11) is 1.44. The Morgan fingerprint density at radius 3 is 2.71 bits per heavy atom. The van der Waals surface area contributed by atoms with Gasteiger partial charge in [-0.05, 0) is 12.2 Å². The van der Waals surface area contributed by atoms with Crippen LogP contribution in [0.1, 0.15) is 0 Å². The maximum Gasteiger partial charge on any atom is 0.315 e. The zero-order valence-electron chi connectivity index (χ0n) is 7.39. The summed E-state index contributed by atoms with van der Waals surface area (Å²) in [5.41, 5.74) is 0.0758. The molecule has 0 aromatic carbocycles. The van der Waals surface area contributed by atoms with Crippen LogP contribution >= 0.6 is 12.4 Å². The van der Waals surface area contributed by atoms with Gasteiger partial charge in [-0.15, -0.1) is 12.4 Å². The van der Waals surface area contributed by atoms with Gasteiger partial charge in [0.15, 0.2) is 0 Å². The van der Waals surface area contributed by atoms with Gasteiger partial charge in [-0.3, -0.25) is 4.79 Å². The summed E-state index contributed by atoms with van der Waals surface area (Å²) in [6.07, 6.45) is 4.27. The SMILES string of the molecule is COC1=CC(=C=O)C(C(=O)O)C=C1.Cl. The molecule has 1 rings (SSSR count). The summed E-state index contributed by atoms with van der Waals surface area (Å²) >= 11 is 0. The largest absolute Gasteiger partial charge is 0.497 e. The van der Waals surface area contributed by atoms with Crippen LogP contribution in [0.5, 0.6) is 0 Å². The van der Waals surface area contributed by atoms with Crippen molar-refractivity contribution in [3.05, 3.63) is 29.6 Å². The van der Waals surface area contributed by atoms with Crippen LogP contribution in [0.15, 0.2) is 29.6 Å². The average Bonchev–Trinajstić information content (AvgIpc) is 2.16. The molecule has 4 nitrogen and oxygen atoms in total. The van der Waals surface area contributed by atoms with Crippen molar-refractivity contribution in [3.8, 4) is 0 Å². The number of carbonyl (C=O) groups is 1. The molecule has 0 aromatic heterocycles. The first-order valence-electron chi connectivity index (χ1n) is 3.60. The summed E-state index contributed by atoms with van der Waals surface area (Å²) in [5.74, 6) is 0.0577. The van der Waals surface area contributed by atoms with E-state index in [1.54, 1.807) is 5.94 Å². The Labute approximate surface area is 87.0 Å². The molecule has 0 bridgehead atoms. The third-order valence-electron chi connectivity index (χ3n) is 1.71. The van der Waals surface area contributed by atoms with E-state index in [9.17, 15) is 9.59 Å². The number of methoxy groups -OCH3 is 1. The van der Waals surface area contributed by atoms with Crippen LogP contribution in [0.3, 0.4) is 0 Å². The molecule has 0 aromatic rings. The first-order valence-corrected chi connectivity index (χ1v) is 3.60. The topological polar surface area (TPSA) is 63.6 Å². The molecule has 0 radical (unpaired) electrons. The number of hydrogen-bond acceptors (Lipinski definition) is 3. The van der Waals surface area contributed by atoms with Crippen molar-refractivity contribution >= 4 is 24.3 Å². The van der Waals surface area contributed by atoms with Crippen LogP contribution in [-0.2, 0) is 14.3 Å². The molecule has 0 heterocycles. The summed E-state index contributed by atoms with van der Waals surface area (Å²) in [6.45, 7) is 0. The lowest BCUT2D eigenvalue weighted by molar-refractivity contribution is -0.138. The number of halogens is 1. The van der Waals surface area contributed by atoms with Crippen molar-refractivity contribution in [2.24, 2.45) is 5.92 Å². The van der Waals surface area contributed by atoms with E-state index in [2.05, 4.69) is 0 Å². The molecule has 5 heteroatoms. The van der Waals surface area contributed by atoms with Gasteiger partial charge in [0.05, 0.1) is 12.7 Å². The summed E-state index contributed by atoms with van der Waals surface area (Å²) in [5, 5.41) is 8.68. The standard InChI is InChI=1S/C9H8O4.ClH/c1-13-7-2-3-8(9(11)12)6(4-7)5-10;/h2-4,8H,1H3,(H,11,12);1H. The van der Waals surface area contributed by atoms with Crippen LogP contribution in [0.25, 0.3) is 0 Å². The van der Waals surface area contributed by atoms with Gasteiger partial charge in [-0.2, -0.15) is 0 Å². The number of ether oxygens (including phenoxy) is 1. The van der Waals surface area contributed by atoms with E-state index in [1.165, 1.54) is 25.3 Å². The molecule has 1 atom stereocenters. The van der Waals surface area contributed by atoms with Gasteiger partial charge in [-0.1, -0.05) is 6.08 Å². The van der Waals surface area contributed by atoms with E-state index in [-0.39, 0.29) is 18.0 Å². The lowest BCUT2D eigenvalue weighted by Gasteiger charge is -2.11. The lowest BCUT2D eigenvalue weighted by atomic mass is 9.95. The molecule has 0 saturated carbocycles. The fourth-order valence-corrected chi connectivity index (χ4v) is 1.02. The normalized spacial score (nSPS) is 19.1. The molecule has 76 valence electrons. The first-order chi connectivity index (χ1) is 6.19. The second-order valence-corrected chi connectivity index (χ2v) is 2.48. The van der Waals surface area contributed by atoms with Crippen molar-refractivity contribution in [2.75, 3.05) is 7.11 Å². The first kappa shape index (κ1) is 12.5. The van der Waals surface area contributed by atoms with E-state index in [4.69, 9.17) is 9.84 Å².